The maximum absolute atomic E-state index is 9.84. The van der Waals surface area contributed by atoms with Gasteiger partial charge in [0.2, 0.25) is 0 Å². The molecule has 133 valence electrons. The zero-order valence-electron chi connectivity index (χ0n) is 13.9. The number of phenolic OH excluding ortho intramolecular Hbond substituents is 2. The van der Waals surface area contributed by atoms with E-state index in [4.69, 9.17) is 0 Å². The summed E-state index contributed by atoms with van der Waals surface area (Å²) in [7, 11) is 0. The van der Waals surface area contributed by atoms with Gasteiger partial charge in [-0.3, -0.25) is 9.98 Å². The Labute approximate surface area is 158 Å². The van der Waals surface area contributed by atoms with Crippen molar-refractivity contribution in [3.63, 3.8) is 0 Å². The van der Waals surface area contributed by atoms with Gasteiger partial charge in [0.1, 0.15) is 11.5 Å². The normalized spacial score (nSPS) is 20.6. The Hall–Kier alpha value is -2.11. The molecule has 2 N–H and O–H groups in total. The van der Waals surface area contributed by atoms with E-state index in [0.29, 0.717) is 0 Å². The Kier molecular flexibility index (Phi) is 7.22. The fourth-order valence-corrected chi connectivity index (χ4v) is 2.98. The van der Waals surface area contributed by atoms with Crippen LogP contribution in [0.5, 0.6) is 11.5 Å². The summed E-state index contributed by atoms with van der Waals surface area (Å²) in [5.74, 6) is 0.484. The average Bonchev–Trinajstić information content (AvgIpc) is 2.61. The van der Waals surface area contributed by atoms with Crippen molar-refractivity contribution >= 4 is 12.4 Å². The smallest absolute Gasteiger partial charge is 0.124 e. The maximum Gasteiger partial charge on any atom is 0.124 e. The van der Waals surface area contributed by atoms with Gasteiger partial charge in [0.25, 0.3) is 0 Å². The third-order valence-corrected chi connectivity index (χ3v) is 4.38. The molecule has 1 radical (unpaired) electrons. The van der Waals surface area contributed by atoms with Crippen LogP contribution in [0.2, 0.25) is 0 Å². The number of nitrogens with zero attached hydrogens (tertiary/aromatic N) is 2. The summed E-state index contributed by atoms with van der Waals surface area (Å²) in [5, 5.41) is 19.7. The number of hydrogen-bond acceptors (Lipinski definition) is 4. The molecule has 1 fully saturated rings. The van der Waals surface area contributed by atoms with E-state index in [1.165, 1.54) is 0 Å². The van der Waals surface area contributed by atoms with E-state index in [1.54, 1.807) is 36.7 Å². The SMILES string of the molecule is Oc1ccccc1C=N[C@H]1CCCC[C@@H]1N=Cc1ccccc1O.[Co]. The van der Waals surface area contributed by atoms with E-state index in [2.05, 4.69) is 9.98 Å². The van der Waals surface area contributed by atoms with E-state index >= 15 is 0 Å². The molecule has 0 spiro atoms. The van der Waals surface area contributed by atoms with Crippen LogP contribution < -0.4 is 0 Å². The third kappa shape index (κ3) is 5.18. The predicted octanol–water partition coefficient (Wildman–Crippen LogP) is 3.94. The summed E-state index contributed by atoms with van der Waals surface area (Å²) in [5.41, 5.74) is 1.46. The van der Waals surface area contributed by atoms with Crippen molar-refractivity contribution < 1.29 is 27.0 Å². The first kappa shape index (κ1) is 19.2. The van der Waals surface area contributed by atoms with E-state index in [1.807, 2.05) is 24.3 Å². The average molecular weight is 381 g/mol. The van der Waals surface area contributed by atoms with Gasteiger partial charge in [0.15, 0.2) is 0 Å². The van der Waals surface area contributed by atoms with Gasteiger partial charge < -0.3 is 10.2 Å². The molecule has 3 rings (SSSR count). The molecule has 1 aliphatic rings. The summed E-state index contributed by atoms with van der Waals surface area (Å²) < 4.78 is 0. The number of para-hydroxylation sites is 2. The van der Waals surface area contributed by atoms with E-state index in [9.17, 15) is 10.2 Å². The minimum absolute atomic E-state index is 0. The molecule has 0 aliphatic heterocycles. The van der Waals surface area contributed by atoms with Crippen molar-refractivity contribution in [1.29, 1.82) is 0 Å². The van der Waals surface area contributed by atoms with Gasteiger partial charge in [0, 0.05) is 40.3 Å². The Morgan fingerprint density at radius 1 is 0.720 bits per heavy atom. The second-order valence-electron chi connectivity index (χ2n) is 6.09. The van der Waals surface area contributed by atoms with E-state index < -0.39 is 0 Å². The molecule has 5 heteroatoms. The van der Waals surface area contributed by atoms with Crippen LogP contribution in [-0.4, -0.2) is 34.7 Å². The molecule has 0 unspecified atom stereocenters. The fourth-order valence-electron chi connectivity index (χ4n) is 2.98. The molecular weight excluding hydrogens is 359 g/mol. The standard InChI is InChI=1S/C20H22N2O2.Co/c23-19-11-5-1-7-15(19)13-21-17-9-3-4-10-18(17)22-14-16-8-2-6-12-20(16)24;/h1-2,5-8,11-14,17-18,23-24H,3-4,9-10H2;/t17-,18-;/m0./s1. The second kappa shape index (κ2) is 9.39. The molecule has 2 aromatic rings. The Balaban J connectivity index is 0.00000225. The first-order valence-electron chi connectivity index (χ1n) is 8.36. The van der Waals surface area contributed by atoms with Gasteiger partial charge in [-0.1, -0.05) is 37.1 Å². The summed E-state index contributed by atoms with van der Waals surface area (Å²) in [4.78, 5) is 9.34. The topological polar surface area (TPSA) is 65.2 Å². The summed E-state index contributed by atoms with van der Waals surface area (Å²) in [6.45, 7) is 0. The van der Waals surface area contributed by atoms with Gasteiger partial charge in [-0.2, -0.15) is 0 Å². The number of aromatic hydroxyl groups is 2. The molecule has 0 saturated heterocycles. The molecule has 2 aromatic carbocycles. The van der Waals surface area contributed by atoms with Crippen LogP contribution in [0.3, 0.4) is 0 Å². The van der Waals surface area contributed by atoms with Crippen molar-refractivity contribution in [3.8, 4) is 11.5 Å². The molecule has 0 heterocycles. The largest absolute Gasteiger partial charge is 0.507 e. The summed E-state index contributed by atoms with van der Waals surface area (Å²) >= 11 is 0. The number of benzene rings is 2. The summed E-state index contributed by atoms with van der Waals surface area (Å²) in [6, 6.07) is 14.6. The van der Waals surface area contributed by atoms with Gasteiger partial charge in [0.05, 0.1) is 12.1 Å². The fraction of sp³-hybridized carbons (Fsp3) is 0.300. The first-order valence-corrected chi connectivity index (χ1v) is 8.36. The second-order valence-corrected chi connectivity index (χ2v) is 6.09. The zero-order chi connectivity index (χ0) is 16.8. The molecule has 4 nitrogen and oxygen atoms in total. The van der Waals surface area contributed by atoms with Crippen LogP contribution >= 0.6 is 0 Å². The van der Waals surface area contributed by atoms with E-state index in [0.717, 1.165) is 36.8 Å². The zero-order valence-corrected chi connectivity index (χ0v) is 14.9. The molecule has 2 atom stereocenters. The first-order chi connectivity index (χ1) is 11.7. The Morgan fingerprint density at radius 3 is 1.52 bits per heavy atom. The van der Waals surface area contributed by atoms with Crippen LogP contribution in [0.25, 0.3) is 0 Å². The molecule has 0 amide bonds. The monoisotopic (exact) mass is 381 g/mol. The van der Waals surface area contributed by atoms with Crippen molar-refractivity contribution in [2.45, 2.75) is 37.8 Å². The minimum atomic E-state index is 0. The van der Waals surface area contributed by atoms with Crippen LogP contribution in [-0.2, 0) is 16.8 Å². The number of aliphatic imine (C=N–C) groups is 2. The van der Waals surface area contributed by atoms with Gasteiger partial charge in [-0.05, 0) is 37.1 Å². The summed E-state index contributed by atoms with van der Waals surface area (Å²) in [6.07, 6.45) is 7.76. The molecule has 0 aromatic heterocycles. The third-order valence-electron chi connectivity index (χ3n) is 4.38. The molecular formula is C20H22CoN2O2. The van der Waals surface area contributed by atoms with Crippen LogP contribution in [0.1, 0.15) is 36.8 Å². The number of rotatable bonds is 4. The van der Waals surface area contributed by atoms with E-state index in [-0.39, 0.29) is 40.4 Å². The van der Waals surface area contributed by atoms with Crippen molar-refractivity contribution in [2.24, 2.45) is 9.98 Å². The van der Waals surface area contributed by atoms with Gasteiger partial charge >= 0.3 is 0 Å². The van der Waals surface area contributed by atoms with Crippen LogP contribution in [0, 0.1) is 0 Å². The van der Waals surface area contributed by atoms with Gasteiger partial charge in [-0.15, -0.1) is 0 Å². The van der Waals surface area contributed by atoms with Crippen molar-refractivity contribution in [1.82, 2.24) is 0 Å². The molecule has 0 bridgehead atoms. The number of phenols is 2. The van der Waals surface area contributed by atoms with Crippen molar-refractivity contribution in [3.05, 3.63) is 59.7 Å². The van der Waals surface area contributed by atoms with Crippen LogP contribution in [0.15, 0.2) is 58.5 Å². The molecule has 25 heavy (non-hydrogen) atoms. The maximum atomic E-state index is 9.84. The minimum Gasteiger partial charge on any atom is -0.507 e. The van der Waals surface area contributed by atoms with Crippen LogP contribution in [0.4, 0.5) is 0 Å². The van der Waals surface area contributed by atoms with Gasteiger partial charge in [-0.25, -0.2) is 0 Å². The molecule has 1 aliphatic carbocycles. The van der Waals surface area contributed by atoms with Crippen molar-refractivity contribution in [2.75, 3.05) is 0 Å². The molecule has 1 saturated carbocycles. The predicted molar refractivity (Wildman–Crippen MR) is 97.4 cm³/mol. The Morgan fingerprint density at radius 2 is 1.12 bits per heavy atom. The Bertz CT molecular complexity index is 682. The quantitative estimate of drug-likeness (QED) is 0.788. The number of hydrogen-bond donors (Lipinski definition) is 2.